The van der Waals surface area contributed by atoms with Crippen LogP contribution in [0.2, 0.25) is 0 Å². The first kappa shape index (κ1) is 15.4. The second kappa shape index (κ2) is 7.73. The number of carbonyl (C=O) groups excluding carboxylic acids is 3. The molecule has 0 aromatic heterocycles. The zero-order chi connectivity index (χ0) is 14.3. The second-order valence-electron chi connectivity index (χ2n) is 4.14. The van der Waals surface area contributed by atoms with Crippen molar-refractivity contribution < 1.29 is 23.9 Å². The van der Waals surface area contributed by atoms with Crippen LogP contribution in [0.1, 0.15) is 20.3 Å². The molecule has 0 bridgehead atoms. The highest BCUT2D eigenvalue weighted by Gasteiger charge is 2.34. The Hall–Kier alpha value is -1.63. The first-order valence-corrected chi connectivity index (χ1v) is 6.44. The van der Waals surface area contributed by atoms with E-state index in [0.717, 1.165) is 6.54 Å². The lowest BCUT2D eigenvalue weighted by atomic mass is 10.1. The maximum absolute atomic E-state index is 11.9. The van der Waals surface area contributed by atoms with Gasteiger partial charge in [0.2, 0.25) is 11.9 Å². The van der Waals surface area contributed by atoms with Crippen molar-refractivity contribution in [2.24, 2.45) is 5.92 Å². The van der Waals surface area contributed by atoms with Crippen molar-refractivity contribution in [2.45, 2.75) is 26.3 Å². The Labute approximate surface area is 112 Å². The van der Waals surface area contributed by atoms with Gasteiger partial charge in [0, 0.05) is 6.54 Å². The fourth-order valence-electron chi connectivity index (χ4n) is 1.80. The Kier molecular flexibility index (Phi) is 6.27. The molecule has 0 aliphatic carbocycles. The van der Waals surface area contributed by atoms with Gasteiger partial charge in [0.15, 0.2) is 0 Å². The molecule has 2 N–H and O–H groups in total. The van der Waals surface area contributed by atoms with Gasteiger partial charge in [0.25, 0.3) is 0 Å². The van der Waals surface area contributed by atoms with E-state index < -0.39 is 18.0 Å². The van der Waals surface area contributed by atoms with Gasteiger partial charge in [-0.05, 0) is 26.8 Å². The van der Waals surface area contributed by atoms with Gasteiger partial charge >= 0.3 is 11.9 Å². The summed E-state index contributed by atoms with van der Waals surface area (Å²) in [6, 6.07) is -1.38. The topological polar surface area (TPSA) is 93.7 Å². The maximum atomic E-state index is 11.9. The number of nitrogens with one attached hydrogen (secondary N) is 2. The van der Waals surface area contributed by atoms with Gasteiger partial charge in [-0.25, -0.2) is 9.59 Å². The van der Waals surface area contributed by atoms with E-state index in [0.29, 0.717) is 13.0 Å². The molecule has 1 rings (SSSR count). The highest BCUT2D eigenvalue weighted by molar-refractivity contribution is 6.02. The Balaban J connectivity index is 2.64. The van der Waals surface area contributed by atoms with Gasteiger partial charge in [0.1, 0.15) is 0 Å². The highest BCUT2D eigenvalue weighted by atomic mass is 16.6. The van der Waals surface area contributed by atoms with Gasteiger partial charge < -0.3 is 20.1 Å². The molecule has 0 spiro atoms. The third-order valence-electron chi connectivity index (χ3n) is 2.76. The molecule has 108 valence electrons. The van der Waals surface area contributed by atoms with Crippen LogP contribution >= 0.6 is 0 Å². The zero-order valence-corrected chi connectivity index (χ0v) is 11.2. The average Bonchev–Trinajstić information content (AvgIpc) is 2.90. The van der Waals surface area contributed by atoms with Crippen molar-refractivity contribution in [2.75, 3.05) is 26.3 Å². The molecule has 7 nitrogen and oxygen atoms in total. The van der Waals surface area contributed by atoms with Crippen LogP contribution in [-0.2, 0) is 23.9 Å². The van der Waals surface area contributed by atoms with Crippen LogP contribution in [0, 0.1) is 5.92 Å². The van der Waals surface area contributed by atoms with Crippen molar-refractivity contribution in [3.05, 3.63) is 0 Å². The van der Waals surface area contributed by atoms with Crippen LogP contribution in [0.3, 0.4) is 0 Å². The number of hydrogen-bond acceptors (Lipinski definition) is 6. The van der Waals surface area contributed by atoms with Crippen LogP contribution in [-0.4, -0.2) is 50.2 Å². The third kappa shape index (κ3) is 4.51. The standard InChI is InChI=1S/C12H20N2O5/c1-3-18-11(16)9(12(17)19-4-2)14-10(15)8-5-6-13-7-8/h8-9,13H,3-7H2,1-2H3,(H,14,15). The molecule has 1 heterocycles. The quantitative estimate of drug-likeness (QED) is 0.486. The van der Waals surface area contributed by atoms with Gasteiger partial charge in [-0.3, -0.25) is 4.79 Å². The predicted octanol–water partition coefficient (Wildman–Crippen LogP) is -0.793. The fourth-order valence-corrected chi connectivity index (χ4v) is 1.80. The molecule has 1 atom stereocenters. The van der Waals surface area contributed by atoms with E-state index in [-0.39, 0.29) is 25.0 Å². The summed E-state index contributed by atoms with van der Waals surface area (Å²) in [7, 11) is 0. The van der Waals surface area contributed by atoms with Gasteiger partial charge in [-0.15, -0.1) is 0 Å². The number of amides is 1. The fraction of sp³-hybridized carbons (Fsp3) is 0.750. The third-order valence-corrected chi connectivity index (χ3v) is 2.76. The summed E-state index contributed by atoms with van der Waals surface area (Å²) in [5.74, 6) is -2.15. The maximum Gasteiger partial charge on any atom is 0.340 e. The molecular weight excluding hydrogens is 252 g/mol. The summed E-state index contributed by atoms with van der Waals surface area (Å²) in [5, 5.41) is 5.44. The van der Waals surface area contributed by atoms with Gasteiger partial charge in [-0.1, -0.05) is 0 Å². The Morgan fingerprint density at radius 2 is 1.79 bits per heavy atom. The van der Waals surface area contributed by atoms with Crippen molar-refractivity contribution in [3.63, 3.8) is 0 Å². The van der Waals surface area contributed by atoms with Crippen LogP contribution < -0.4 is 10.6 Å². The summed E-state index contributed by atoms with van der Waals surface area (Å²) in [6.07, 6.45) is 0.685. The highest BCUT2D eigenvalue weighted by Crippen LogP contribution is 2.08. The second-order valence-corrected chi connectivity index (χ2v) is 4.14. The molecule has 1 saturated heterocycles. The smallest absolute Gasteiger partial charge is 0.340 e. The first-order valence-electron chi connectivity index (χ1n) is 6.44. The number of esters is 2. The lowest BCUT2D eigenvalue weighted by Crippen LogP contribution is -2.50. The molecule has 1 unspecified atom stereocenters. The largest absolute Gasteiger partial charge is 0.464 e. The van der Waals surface area contributed by atoms with Crippen LogP contribution in [0.4, 0.5) is 0 Å². The summed E-state index contributed by atoms with van der Waals surface area (Å²) in [4.78, 5) is 35.2. The number of carbonyl (C=O) groups is 3. The Morgan fingerprint density at radius 3 is 2.21 bits per heavy atom. The van der Waals surface area contributed by atoms with E-state index in [1.165, 1.54) is 0 Å². The van der Waals surface area contributed by atoms with Crippen LogP contribution in [0.5, 0.6) is 0 Å². The number of hydrogen-bond donors (Lipinski definition) is 2. The van der Waals surface area contributed by atoms with E-state index in [4.69, 9.17) is 9.47 Å². The molecule has 19 heavy (non-hydrogen) atoms. The first-order chi connectivity index (χ1) is 9.10. The van der Waals surface area contributed by atoms with Gasteiger partial charge in [-0.2, -0.15) is 0 Å². The molecule has 1 aliphatic heterocycles. The molecule has 0 aromatic carbocycles. The molecule has 0 aromatic rings. The molecule has 7 heteroatoms. The predicted molar refractivity (Wildman–Crippen MR) is 66.2 cm³/mol. The van der Waals surface area contributed by atoms with Crippen LogP contribution in [0.15, 0.2) is 0 Å². The van der Waals surface area contributed by atoms with E-state index in [9.17, 15) is 14.4 Å². The minimum Gasteiger partial charge on any atom is -0.464 e. The monoisotopic (exact) mass is 272 g/mol. The van der Waals surface area contributed by atoms with E-state index in [2.05, 4.69) is 10.6 Å². The summed E-state index contributed by atoms with van der Waals surface area (Å²) in [6.45, 7) is 4.82. The van der Waals surface area contributed by atoms with E-state index in [1.807, 2.05) is 0 Å². The summed E-state index contributed by atoms with van der Waals surface area (Å²) in [5.41, 5.74) is 0. The lowest BCUT2D eigenvalue weighted by Gasteiger charge is -2.17. The van der Waals surface area contributed by atoms with E-state index in [1.54, 1.807) is 13.8 Å². The van der Waals surface area contributed by atoms with Crippen molar-refractivity contribution >= 4 is 17.8 Å². The number of ether oxygens (including phenoxy) is 2. The van der Waals surface area contributed by atoms with Crippen molar-refractivity contribution in [1.82, 2.24) is 10.6 Å². The number of rotatable bonds is 6. The van der Waals surface area contributed by atoms with Crippen LogP contribution in [0.25, 0.3) is 0 Å². The molecule has 1 amide bonds. The molecule has 0 saturated carbocycles. The Morgan fingerprint density at radius 1 is 1.21 bits per heavy atom. The minimum atomic E-state index is -1.38. The summed E-state index contributed by atoms with van der Waals surface area (Å²) >= 11 is 0. The van der Waals surface area contributed by atoms with Gasteiger partial charge in [0.05, 0.1) is 19.1 Å². The Bertz CT molecular complexity index is 321. The molecule has 1 fully saturated rings. The average molecular weight is 272 g/mol. The normalized spacial score (nSPS) is 18.2. The lowest BCUT2D eigenvalue weighted by molar-refractivity contribution is -0.159. The van der Waals surface area contributed by atoms with Crippen molar-refractivity contribution in [3.8, 4) is 0 Å². The minimum absolute atomic E-state index is 0.135. The summed E-state index contributed by atoms with van der Waals surface area (Å²) < 4.78 is 9.53. The molecular formula is C12H20N2O5. The SMILES string of the molecule is CCOC(=O)C(NC(=O)C1CCNC1)C(=O)OCC. The van der Waals surface area contributed by atoms with Crippen molar-refractivity contribution in [1.29, 1.82) is 0 Å². The zero-order valence-electron chi connectivity index (χ0n) is 11.2. The molecule has 1 aliphatic rings. The molecule has 0 radical (unpaired) electrons. The van der Waals surface area contributed by atoms with E-state index >= 15 is 0 Å².